The lowest BCUT2D eigenvalue weighted by atomic mass is 10.0. The van der Waals surface area contributed by atoms with Gasteiger partial charge >= 0.3 is 6.03 Å². The number of urea groups is 1. The average Bonchev–Trinajstić information content (AvgIpc) is 3.09. The summed E-state index contributed by atoms with van der Waals surface area (Å²) in [6, 6.07) is 12.0. The molecule has 3 N–H and O–H groups in total. The Morgan fingerprint density at radius 1 is 1.06 bits per heavy atom. The van der Waals surface area contributed by atoms with Crippen LogP contribution in [0.3, 0.4) is 0 Å². The summed E-state index contributed by atoms with van der Waals surface area (Å²) in [6.07, 6.45) is 1.24. The number of carbonyl (C=O) groups excluding carboxylic acids is 4. The van der Waals surface area contributed by atoms with Crippen LogP contribution in [0.5, 0.6) is 0 Å². The van der Waals surface area contributed by atoms with Gasteiger partial charge in [-0.3, -0.25) is 19.7 Å². The van der Waals surface area contributed by atoms with Crippen molar-refractivity contribution in [1.29, 1.82) is 0 Å². The number of piperidine rings is 1. The van der Waals surface area contributed by atoms with Crippen LogP contribution in [0.15, 0.2) is 42.5 Å². The molecule has 1 fully saturated rings. The SMILES string of the molecule is O=C1CCC(N2Cc3ccc(CNC(=O)NCCc4ccc(Cl)cc4)cc3C2=O)C(=O)N1. The molecule has 2 aromatic carbocycles. The van der Waals surface area contributed by atoms with Gasteiger partial charge in [0.05, 0.1) is 0 Å². The number of hydrogen-bond donors (Lipinski definition) is 3. The standard InChI is InChI=1S/C23H23ClN4O4/c24-17-5-2-14(3-6-17)9-10-25-23(32)26-12-15-1-4-16-13-28(22(31)18(16)11-15)19-7-8-20(29)27-21(19)30/h1-6,11,19H,7-10,12-13H2,(H2,25,26,32)(H,27,29,30). The highest BCUT2D eigenvalue weighted by atomic mass is 35.5. The Kier molecular flexibility index (Phi) is 6.41. The van der Waals surface area contributed by atoms with E-state index in [-0.39, 0.29) is 30.8 Å². The van der Waals surface area contributed by atoms with Crippen LogP contribution in [0.2, 0.25) is 5.02 Å². The normalized spacial score (nSPS) is 17.7. The summed E-state index contributed by atoms with van der Waals surface area (Å²) in [4.78, 5) is 50.0. The molecular formula is C23H23ClN4O4. The Hall–Kier alpha value is -3.39. The molecule has 1 unspecified atom stereocenters. The van der Waals surface area contributed by atoms with Gasteiger partial charge in [-0.15, -0.1) is 0 Å². The number of rotatable bonds is 6. The molecule has 1 saturated heterocycles. The molecule has 32 heavy (non-hydrogen) atoms. The predicted octanol–water partition coefficient (Wildman–Crippen LogP) is 2.14. The summed E-state index contributed by atoms with van der Waals surface area (Å²) < 4.78 is 0. The first-order chi connectivity index (χ1) is 15.4. The van der Waals surface area contributed by atoms with Crippen LogP contribution in [-0.2, 0) is 29.1 Å². The summed E-state index contributed by atoms with van der Waals surface area (Å²) in [5.41, 5.74) is 3.22. The lowest BCUT2D eigenvalue weighted by Gasteiger charge is -2.29. The van der Waals surface area contributed by atoms with Gasteiger partial charge in [-0.05, 0) is 47.7 Å². The van der Waals surface area contributed by atoms with Crippen LogP contribution in [0, 0.1) is 0 Å². The van der Waals surface area contributed by atoms with Gasteiger partial charge in [0, 0.05) is 36.6 Å². The third kappa shape index (κ3) is 4.91. The average molecular weight is 455 g/mol. The second-order valence-electron chi connectivity index (χ2n) is 7.88. The van der Waals surface area contributed by atoms with E-state index in [2.05, 4.69) is 16.0 Å². The molecule has 0 aliphatic carbocycles. The maximum atomic E-state index is 12.9. The van der Waals surface area contributed by atoms with Crippen LogP contribution in [0.4, 0.5) is 4.79 Å². The minimum absolute atomic E-state index is 0.221. The van der Waals surface area contributed by atoms with Crippen LogP contribution in [-0.4, -0.2) is 41.2 Å². The molecule has 0 spiro atoms. The lowest BCUT2D eigenvalue weighted by molar-refractivity contribution is -0.136. The van der Waals surface area contributed by atoms with Crippen molar-refractivity contribution in [2.45, 2.75) is 38.4 Å². The maximum absolute atomic E-state index is 12.9. The summed E-state index contributed by atoms with van der Waals surface area (Å²) in [5.74, 6) is -0.974. The largest absolute Gasteiger partial charge is 0.338 e. The van der Waals surface area contributed by atoms with E-state index in [0.717, 1.165) is 16.7 Å². The quantitative estimate of drug-likeness (QED) is 0.581. The molecule has 2 heterocycles. The fourth-order valence-electron chi connectivity index (χ4n) is 3.93. The first-order valence-electron chi connectivity index (χ1n) is 10.4. The van der Waals surface area contributed by atoms with Crippen LogP contribution < -0.4 is 16.0 Å². The van der Waals surface area contributed by atoms with Crippen molar-refractivity contribution in [1.82, 2.24) is 20.9 Å². The van der Waals surface area contributed by atoms with Crippen molar-refractivity contribution < 1.29 is 19.2 Å². The molecule has 1 atom stereocenters. The highest BCUT2D eigenvalue weighted by Crippen LogP contribution is 2.28. The minimum Gasteiger partial charge on any atom is -0.338 e. The molecule has 9 heteroatoms. The van der Waals surface area contributed by atoms with Crippen molar-refractivity contribution in [3.63, 3.8) is 0 Å². The number of nitrogens with zero attached hydrogens (tertiary/aromatic N) is 1. The first kappa shape index (κ1) is 21.8. The van der Waals surface area contributed by atoms with Gasteiger partial charge in [0.1, 0.15) is 6.04 Å². The van der Waals surface area contributed by atoms with Crippen molar-refractivity contribution >= 4 is 35.4 Å². The molecule has 2 aliphatic heterocycles. The number of carbonyl (C=O) groups is 4. The van der Waals surface area contributed by atoms with E-state index < -0.39 is 11.9 Å². The number of hydrogen-bond acceptors (Lipinski definition) is 4. The zero-order valence-corrected chi connectivity index (χ0v) is 18.1. The fourth-order valence-corrected chi connectivity index (χ4v) is 4.05. The van der Waals surface area contributed by atoms with E-state index in [9.17, 15) is 19.2 Å². The van der Waals surface area contributed by atoms with Gasteiger partial charge in [0.15, 0.2) is 0 Å². The third-order valence-electron chi connectivity index (χ3n) is 5.66. The number of amides is 5. The number of halogens is 1. The van der Waals surface area contributed by atoms with Crippen LogP contribution in [0.25, 0.3) is 0 Å². The van der Waals surface area contributed by atoms with Crippen LogP contribution >= 0.6 is 11.6 Å². The molecule has 4 rings (SSSR count). The molecule has 8 nitrogen and oxygen atoms in total. The topological polar surface area (TPSA) is 108 Å². The number of benzene rings is 2. The van der Waals surface area contributed by atoms with Crippen molar-refractivity contribution in [3.05, 3.63) is 69.7 Å². The Bertz CT molecular complexity index is 1070. The molecular weight excluding hydrogens is 432 g/mol. The maximum Gasteiger partial charge on any atom is 0.315 e. The van der Waals surface area contributed by atoms with Gasteiger partial charge in [-0.25, -0.2) is 4.79 Å². The van der Waals surface area contributed by atoms with Gasteiger partial charge in [-0.2, -0.15) is 0 Å². The fraction of sp³-hybridized carbons (Fsp3) is 0.304. The third-order valence-corrected chi connectivity index (χ3v) is 5.91. The molecule has 0 radical (unpaired) electrons. The Morgan fingerprint density at radius 2 is 1.81 bits per heavy atom. The van der Waals surface area contributed by atoms with Gasteiger partial charge in [0.2, 0.25) is 11.8 Å². The Labute approximate surface area is 190 Å². The lowest BCUT2D eigenvalue weighted by Crippen LogP contribution is -2.52. The van der Waals surface area contributed by atoms with E-state index in [1.54, 1.807) is 6.07 Å². The van der Waals surface area contributed by atoms with Crippen molar-refractivity contribution in [2.75, 3.05) is 6.54 Å². The molecule has 0 bridgehead atoms. The molecule has 0 aromatic heterocycles. The number of imide groups is 1. The van der Waals surface area contributed by atoms with E-state index >= 15 is 0 Å². The van der Waals surface area contributed by atoms with E-state index in [1.165, 1.54) is 4.90 Å². The highest BCUT2D eigenvalue weighted by Gasteiger charge is 2.39. The van der Waals surface area contributed by atoms with Gasteiger partial charge < -0.3 is 15.5 Å². The number of fused-ring (bicyclic) bond motifs is 1. The Balaban J connectivity index is 1.28. The smallest absolute Gasteiger partial charge is 0.315 e. The first-order valence-corrected chi connectivity index (χ1v) is 10.8. The van der Waals surface area contributed by atoms with Crippen molar-refractivity contribution in [2.24, 2.45) is 0 Å². The second kappa shape index (κ2) is 9.40. The van der Waals surface area contributed by atoms with E-state index in [1.807, 2.05) is 36.4 Å². The molecule has 0 saturated carbocycles. The van der Waals surface area contributed by atoms with E-state index in [0.29, 0.717) is 36.5 Å². The Morgan fingerprint density at radius 3 is 2.56 bits per heavy atom. The molecule has 166 valence electrons. The highest BCUT2D eigenvalue weighted by molar-refractivity contribution is 6.30. The summed E-state index contributed by atoms with van der Waals surface area (Å²) in [5, 5.41) is 8.56. The second-order valence-corrected chi connectivity index (χ2v) is 8.31. The summed E-state index contributed by atoms with van der Waals surface area (Å²) >= 11 is 5.87. The predicted molar refractivity (Wildman–Crippen MR) is 118 cm³/mol. The zero-order valence-electron chi connectivity index (χ0n) is 17.3. The van der Waals surface area contributed by atoms with Gasteiger partial charge in [0.25, 0.3) is 5.91 Å². The molecule has 5 amide bonds. The molecule has 2 aromatic rings. The van der Waals surface area contributed by atoms with Gasteiger partial charge in [-0.1, -0.05) is 35.9 Å². The monoisotopic (exact) mass is 454 g/mol. The summed E-state index contributed by atoms with van der Waals surface area (Å²) in [7, 11) is 0. The molecule has 2 aliphatic rings. The van der Waals surface area contributed by atoms with E-state index in [4.69, 9.17) is 11.6 Å². The number of nitrogens with one attached hydrogen (secondary N) is 3. The minimum atomic E-state index is -0.638. The van der Waals surface area contributed by atoms with Crippen molar-refractivity contribution in [3.8, 4) is 0 Å². The zero-order chi connectivity index (χ0) is 22.7. The summed E-state index contributed by atoms with van der Waals surface area (Å²) in [6.45, 7) is 1.09. The van der Waals surface area contributed by atoms with Crippen LogP contribution in [0.1, 0.15) is 39.9 Å².